The van der Waals surface area contributed by atoms with Crippen LogP contribution in [0.5, 0.6) is 0 Å². The molecule has 0 atom stereocenters. The number of aryl methyl sites for hydroxylation is 1. The summed E-state index contributed by atoms with van der Waals surface area (Å²) in [6, 6.07) is 3.88. The van der Waals surface area contributed by atoms with Crippen LogP contribution in [-0.4, -0.2) is 28.1 Å². The highest BCUT2D eigenvalue weighted by Crippen LogP contribution is 2.28. The summed E-state index contributed by atoms with van der Waals surface area (Å²) >= 11 is 1.56. The van der Waals surface area contributed by atoms with E-state index in [1.165, 1.54) is 0 Å². The van der Waals surface area contributed by atoms with Crippen molar-refractivity contribution in [1.29, 1.82) is 0 Å². The molecule has 2 aromatic heterocycles. The fourth-order valence-corrected chi connectivity index (χ4v) is 3.52. The van der Waals surface area contributed by atoms with Crippen LogP contribution < -0.4 is 11.1 Å². The van der Waals surface area contributed by atoms with E-state index in [0.29, 0.717) is 31.1 Å². The quantitative estimate of drug-likeness (QED) is 0.829. The van der Waals surface area contributed by atoms with Crippen molar-refractivity contribution in [3.05, 3.63) is 23.4 Å². The van der Waals surface area contributed by atoms with Crippen LogP contribution in [0.1, 0.15) is 38.0 Å². The van der Waals surface area contributed by atoms with Gasteiger partial charge in [0.05, 0.1) is 10.4 Å². The van der Waals surface area contributed by atoms with Gasteiger partial charge in [-0.3, -0.25) is 4.79 Å². The topological polar surface area (TPSA) is 94.0 Å². The first kappa shape index (κ1) is 17.9. The van der Waals surface area contributed by atoms with Gasteiger partial charge < -0.3 is 15.6 Å². The van der Waals surface area contributed by atoms with Gasteiger partial charge in [0, 0.05) is 19.4 Å². The molecule has 1 saturated carbocycles. The van der Waals surface area contributed by atoms with Gasteiger partial charge in [0.15, 0.2) is 0 Å². The maximum absolute atomic E-state index is 12.1. The molecule has 3 N–H and O–H groups in total. The normalized spacial score (nSPS) is 16.0. The molecule has 2 heterocycles. The van der Waals surface area contributed by atoms with E-state index in [-0.39, 0.29) is 23.9 Å². The van der Waals surface area contributed by atoms with Crippen molar-refractivity contribution in [2.75, 3.05) is 6.54 Å². The molecule has 0 radical (unpaired) electrons. The lowest BCUT2D eigenvalue weighted by molar-refractivity contribution is -0.123. The molecule has 126 valence electrons. The van der Waals surface area contributed by atoms with Gasteiger partial charge in [-0.05, 0) is 24.3 Å². The van der Waals surface area contributed by atoms with E-state index < -0.39 is 0 Å². The lowest BCUT2D eigenvalue weighted by atomic mass is 9.97. The number of nitrogens with zero attached hydrogens (tertiary/aromatic N) is 2. The summed E-state index contributed by atoms with van der Waals surface area (Å²) in [5.41, 5.74) is 5.63. The van der Waals surface area contributed by atoms with Crippen molar-refractivity contribution in [2.24, 2.45) is 5.73 Å². The van der Waals surface area contributed by atoms with Crippen molar-refractivity contribution in [3.63, 3.8) is 0 Å². The molecular weight excluding hydrogens is 336 g/mol. The highest BCUT2D eigenvalue weighted by Gasteiger charge is 2.33. The number of hydrogen-bond acceptors (Lipinski definition) is 6. The molecule has 1 amide bonds. The molecule has 1 aliphatic carbocycles. The number of nitrogens with two attached hydrogens (primary N) is 1. The Morgan fingerprint density at radius 2 is 2.22 bits per heavy atom. The second-order valence-electron chi connectivity index (χ2n) is 5.73. The minimum absolute atomic E-state index is 0. The summed E-state index contributed by atoms with van der Waals surface area (Å²) in [5.74, 6) is 1.08. The molecule has 3 rings (SSSR count). The van der Waals surface area contributed by atoms with Crippen LogP contribution in [0.25, 0.3) is 10.7 Å². The largest absolute Gasteiger partial charge is 0.349 e. The van der Waals surface area contributed by atoms with Crippen LogP contribution in [-0.2, 0) is 11.2 Å². The summed E-state index contributed by atoms with van der Waals surface area (Å²) in [6.07, 6.45) is 4.99. The van der Waals surface area contributed by atoms with Crippen LogP contribution >= 0.6 is 23.7 Å². The Bertz CT molecular complexity index is 623. The van der Waals surface area contributed by atoms with Gasteiger partial charge in [0.25, 0.3) is 0 Å². The van der Waals surface area contributed by atoms with Crippen molar-refractivity contribution >= 4 is 29.7 Å². The predicted octanol–water partition coefficient (Wildman–Crippen LogP) is 2.54. The van der Waals surface area contributed by atoms with Gasteiger partial charge in [-0.2, -0.15) is 4.98 Å². The number of aromatic nitrogens is 2. The number of carbonyl (C=O) groups is 1. The molecule has 8 heteroatoms. The minimum atomic E-state index is -0.200. The van der Waals surface area contributed by atoms with E-state index in [9.17, 15) is 4.79 Å². The molecule has 1 aliphatic rings. The Hall–Kier alpha value is -1.44. The lowest BCUT2D eigenvalue weighted by Gasteiger charge is -2.28. The molecule has 23 heavy (non-hydrogen) atoms. The van der Waals surface area contributed by atoms with E-state index in [1.54, 1.807) is 11.3 Å². The summed E-state index contributed by atoms with van der Waals surface area (Å²) in [5, 5.41) is 9.00. The van der Waals surface area contributed by atoms with Crippen LogP contribution in [0.15, 0.2) is 22.0 Å². The first-order chi connectivity index (χ1) is 10.7. The Balaban J connectivity index is 0.00000192. The number of thiophene rings is 1. The maximum atomic E-state index is 12.1. The molecule has 6 nitrogen and oxygen atoms in total. The molecule has 0 unspecified atom stereocenters. The van der Waals surface area contributed by atoms with Crippen molar-refractivity contribution in [3.8, 4) is 10.7 Å². The first-order valence-corrected chi connectivity index (χ1v) is 8.46. The van der Waals surface area contributed by atoms with Crippen LogP contribution in [0.2, 0.25) is 0 Å². The van der Waals surface area contributed by atoms with Gasteiger partial charge in [-0.15, -0.1) is 23.7 Å². The number of halogens is 1. The molecular formula is C15H21ClN4O2S. The minimum Gasteiger partial charge on any atom is -0.349 e. The first-order valence-electron chi connectivity index (χ1n) is 7.58. The lowest BCUT2D eigenvalue weighted by Crippen LogP contribution is -2.51. The molecule has 0 aromatic carbocycles. The van der Waals surface area contributed by atoms with Crippen LogP contribution in [0, 0.1) is 0 Å². The highest BCUT2D eigenvalue weighted by molar-refractivity contribution is 7.13. The maximum Gasteiger partial charge on any atom is 0.227 e. The summed E-state index contributed by atoms with van der Waals surface area (Å²) < 4.78 is 5.20. The Morgan fingerprint density at radius 1 is 1.43 bits per heavy atom. The average Bonchev–Trinajstić information content (AvgIpc) is 3.26. The number of amides is 1. The average molecular weight is 357 g/mol. The van der Waals surface area contributed by atoms with E-state index in [2.05, 4.69) is 15.5 Å². The molecule has 0 spiro atoms. The SMILES string of the molecule is Cl.NCC1(NC(=O)CCc2nc(-c3cccs3)no2)CCCC1. The number of rotatable bonds is 6. The summed E-state index contributed by atoms with van der Waals surface area (Å²) in [6.45, 7) is 0.502. The molecule has 0 bridgehead atoms. The van der Waals surface area contributed by atoms with Crippen LogP contribution in [0.4, 0.5) is 0 Å². The molecule has 0 saturated heterocycles. The zero-order valence-corrected chi connectivity index (χ0v) is 14.4. The number of hydrogen-bond donors (Lipinski definition) is 2. The second kappa shape index (κ2) is 7.90. The van der Waals surface area contributed by atoms with Gasteiger partial charge in [0.2, 0.25) is 17.6 Å². The van der Waals surface area contributed by atoms with Gasteiger partial charge in [-0.25, -0.2) is 0 Å². The zero-order chi connectivity index (χ0) is 15.4. The van der Waals surface area contributed by atoms with Crippen molar-refractivity contribution in [2.45, 2.75) is 44.1 Å². The van der Waals surface area contributed by atoms with E-state index in [4.69, 9.17) is 10.3 Å². The van der Waals surface area contributed by atoms with E-state index in [0.717, 1.165) is 30.6 Å². The molecule has 0 aliphatic heterocycles. The zero-order valence-electron chi connectivity index (χ0n) is 12.8. The molecule has 2 aromatic rings. The Morgan fingerprint density at radius 3 is 2.87 bits per heavy atom. The highest BCUT2D eigenvalue weighted by atomic mass is 35.5. The van der Waals surface area contributed by atoms with Crippen LogP contribution in [0.3, 0.4) is 0 Å². The van der Waals surface area contributed by atoms with Crippen molar-refractivity contribution < 1.29 is 9.32 Å². The van der Waals surface area contributed by atoms with Crippen molar-refractivity contribution in [1.82, 2.24) is 15.5 Å². The second-order valence-corrected chi connectivity index (χ2v) is 6.68. The third kappa shape index (κ3) is 4.31. The fraction of sp³-hybridized carbons (Fsp3) is 0.533. The number of carbonyl (C=O) groups excluding carboxylic acids is 1. The van der Waals surface area contributed by atoms with Gasteiger partial charge in [0.1, 0.15) is 0 Å². The molecule has 1 fully saturated rings. The predicted molar refractivity (Wildman–Crippen MR) is 91.6 cm³/mol. The van der Waals surface area contributed by atoms with E-state index >= 15 is 0 Å². The van der Waals surface area contributed by atoms with Gasteiger partial charge >= 0.3 is 0 Å². The smallest absolute Gasteiger partial charge is 0.227 e. The summed E-state index contributed by atoms with van der Waals surface area (Å²) in [7, 11) is 0. The Labute approximate surface area is 145 Å². The fourth-order valence-electron chi connectivity index (χ4n) is 2.87. The summed E-state index contributed by atoms with van der Waals surface area (Å²) in [4.78, 5) is 17.4. The third-order valence-electron chi connectivity index (χ3n) is 4.13. The third-order valence-corrected chi connectivity index (χ3v) is 5.00. The monoisotopic (exact) mass is 356 g/mol. The number of nitrogens with one attached hydrogen (secondary N) is 1. The Kier molecular flexibility index (Phi) is 6.15. The standard InChI is InChI=1S/C15H20N4O2S.ClH/c16-10-15(7-1-2-8-15)18-12(20)5-6-13-17-14(19-21-13)11-4-3-9-22-11;/h3-4,9H,1-2,5-8,10,16H2,(H,18,20);1H. The van der Waals surface area contributed by atoms with E-state index in [1.807, 2.05) is 17.5 Å². The van der Waals surface area contributed by atoms with Gasteiger partial charge in [-0.1, -0.05) is 24.1 Å².